The number of nitrogens with one attached hydrogen (secondary N) is 1. The van der Waals surface area contributed by atoms with Crippen LogP contribution in [0.5, 0.6) is 0 Å². The number of nitrogens with zero attached hydrogens (tertiary/aromatic N) is 4. The van der Waals surface area contributed by atoms with Gasteiger partial charge in [0.05, 0.1) is 16.7 Å². The van der Waals surface area contributed by atoms with E-state index in [1.807, 2.05) is 31.2 Å². The molecule has 122 valence electrons. The van der Waals surface area contributed by atoms with Gasteiger partial charge in [0.1, 0.15) is 24.2 Å². The van der Waals surface area contributed by atoms with Crippen molar-refractivity contribution in [3.8, 4) is 5.69 Å². The number of nitro groups is 1. The second kappa shape index (κ2) is 6.45. The molecule has 3 rings (SSSR count). The van der Waals surface area contributed by atoms with E-state index in [9.17, 15) is 14.5 Å². The van der Waals surface area contributed by atoms with E-state index in [4.69, 9.17) is 0 Å². The van der Waals surface area contributed by atoms with Crippen LogP contribution in [0, 0.1) is 15.9 Å². The molecule has 1 atom stereocenters. The van der Waals surface area contributed by atoms with Gasteiger partial charge in [-0.3, -0.25) is 10.1 Å². The van der Waals surface area contributed by atoms with Crippen molar-refractivity contribution >= 4 is 11.4 Å². The lowest BCUT2D eigenvalue weighted by atomic mass is 10.1. The number of aromatic nitrogens is 3. The SMILES string of the molecule is C[C@H](Nc1ccc(F)cc1[N+](=O)[O-])c1ccc(-n2cncn2)cc1. The molecule has 8 heteroatoms. The van der Waals surface area contributed by atoms with Gasteiger partial charge in [0.25, 0.3) is 5.69 Å². The molecule has 1 aromatic heterocycles. The normalized spacial score (nSPS) is 11.9. The lowest BCUT2D eigenvalue weighted by Crippen LogP contribution is -2.09. The van der Waals surface area contributed by atoms with Crippen LogP contribution in [0.2, 0.25) is 0 Å². The molecule has 7 nitrogen and oxygen atoms in total. The Balaban J connectivity index is 1.80. The standard InChI is InChI=1S/C16H14FN5O2/c1-11(20-15-7-4-13(17)8-16(15)22(23)24)12-2-5-14(6-3-12)21-10-18-9-19-21/h2-11,20H,1H3/t11-/m0/s1. The highest BCUT2D eigenvalue weighted by Crippen LogP contribution is 2.29. The fourth-order valence-electron chi connectivity index (χ4n) is 2.35. The summed E-state index contributed by atoms with van der Waals surface area (Å²) in [7, 11) is 0. The molecule has 0 fully saturated rings. The Bertz CT molecular complexity index is 849. The van der Waals surface area contributed by atoms with Crippen LogP contribution in [-0.4, -0.2) is 19.7 Å². The third-order valence-corrected chi connectivity index (χ3v) is 3.60. The van der Waals surface area contributed by atoms with E-state index in [1.54, 1.807) is 11.0 Å². The predicted octanol–water partition coefficient (Wildman–Crippen LogP) is 3.49. The second-order valence-corrected chi connectivity index (χ2v) is 5.22. The molecule has 0 bridgehead atoms. The van der Waals surface area contributed by atoms with Crippen molar-refractivity contribution in [2.45, 2.75) is 13.0 Å². The summed E-state index contributed by atoms with van der Waals surface area (Å²) in [5.74, 6) is -0.642. The highest BCUT2D eigenvalue weighted by molar-refractivity contribution is 5.62. The zero-order valence-electron chi connectivity index (χ0n) is 12.8. The number of benzene rings is 2. The molecule has 0 saturated carbocycles. The van der Waals surface area contributed by atoms with Crippen molar-refractivity contribution < 1.29 is 9.31 Å². The van der Waals surface area contributed by atoms with E-state index in [0.29, 0.717) is 0 Å². The maximum Gasteiger partial charge on any atom is 0.295 e. The number of halogens is 1. The molecule has 24 heavy (non-hydrogen) atoms. The average molecular weight is 327 g/mol. The molecule has 0 amide bonds. The van der Waals surface area contributed by atoms with Gasteiger partial charge in [-0.2, -0.15) is 5.10 Å². The third-order valence-electron chi connectivity index (χ3n) is 3.60. The third kappa shape index (κ3) is 3.22. The van der Waals surface area contributed by atoms with Crippen LogP contribution >= 0.6 is 0 Å². The highest BCUT2D eigenvalue weighted by Gasteiger charge is 2.17. The highest BCUT2D eigenvalue weighted by atomic mass is 19.1. The van der Waals surface area contributed by atoms with Crippen LogP contribution in [0.25, 0.3) is 5.69 Å². The van der Waals surface area contributed by atoms with Crippen LogP contribution in [0.15, 0.2) is 55.1 Å². The van der Waals surface area contributed by atoms with Gasteiger partial charge >= 0.3 is 0 Å². The Morgan fingerprint density at radius 3 is 2.62 bits per heavy atom. The van der Waals surface area contributed by atoms with Crippen molar-refractivity contribution in [2.24, 2.45) is 0 Å². The van der Waals surface area contributed by atoms with Crippen LogP contribution in [0.4, 0.5) is 15.8 Å². The quantitative estimate of drug-likeness (QED) is 0.572. The first-order valence-electron chi connectivity index (χ1n) is 7.20. The first kappa shape index (κ1) is 15.6. The molecule has 0 aliphatic heterocycles. The first-order chi connectivity index (χ1) is 11.5. The van der Waals surface area contributed by atoms with E-state index in [1.165, 1.54) is 18.5 Å². The van der Waals surface area contributed by atoms with Crippen molar-refractivity contribution in [2.75, 3.05) is 5.32 Å². The van der Waals surface area contributed by atoms with Gasteiger partial charge in [0.15, 0.2) is 0 Å². The van der Waals surface area contributed by atoms with E-state index >= 15 is 0 Å². The van der Waals surface area contributed by atoms with Crippen molar-refractivity contribution in [3.63, 3.8) is 0 Å². The number of anilines is 1. The molecule has 1 N–H and O–H groups in total. The Morgan fingerprint density at radius 1 is 1.25 bits per heavy atom. The van der Waals surface area contributed by atoms with Gasteiger partial charge in [-0.05, 0) is 36.8 Å². The molecular weight excluding hydrogens is 313 g/mol. The molecule has 0 aliphatic rings. The topological polar surface area (TPSA) is 85.9 Å². The van der Waals surface area contributed by atoms with Gasteiger partial charge in [-0.1, -0.05) is 12.1 Å². The van der Waals surface area contributed by atoms with E-state index in [-0.39, 0.29) is 17.4 Å². The molecule has 0 saturated heterocycles. The zero-order valence-corrected chi connectivity index (χ0v) is 12.8. The molecule has 1 heterocycles. The summed E-state index contributed by atoms with van der Waals surface area (Å²) in [6, 6.07) is 10.8. The second-order valence-electron chi connectivity index (χ2n) is 5.22. The lowest BCUT2D eigenvalue weighted by molar-refractivity contribution is -0.384. The Labute approximate surface area is 136 Å². The van der Waals surface area contributed by atoms with Crippen LogP contribution in [-0.2, 0) is 0 Å². The molecule has 0 unspecified atom stereocenters. The van der Waals surface area contributed by atoms with E-state index in [2.05, 4.69) is 15.4 Å². The first-order valence-corrected chi connectivity index (χ1v) is 7.20. The van der Waals surface area contributed by atoms with Crippen LogP contribution in [0.1, 0.15) is 18.5 Å². The summed E-state index contributed by atoms with van der Waals surface area (Å²) in [5.41, 5.74) is 1.77. The fourth-order valence-corrected chi connectivity index (χ4v) is 2.35. The number of hydrogen-bond acceptors (Lipinski definition) is 5. The minimum absolute atomic E-state index is 0.195. The van der Waals surface area contributed by atoms with E-state index in [0.717, 1.165) is 17.3 Å². The van der Waals surface area contributed by atoms with Gasteiger partial charge in [0.2, 0.25) is 0 Å². The number of nitro benzene ring substituents is 1. The predicted molar refractivity (Wildman–Crippen MR) is 86.5 cm³/mol. The van der Waals surface area contributed by atoms with E-state index < -0.39 is 10.7 Å². The van der Waals surface area contributed by atoms with Crippen molar-refractivity contribution in [3.05, 3.63) is 76.6 Å². The number of hydrogen-bond donors (Lipinski definition) is 1. The summed E-state index contributed by atoms with van der Waals surface area (Å²) in [6.45, 7) is 1.87. The monoisotopic (exact) mass is 327 g/mol. The van der Waals surface area contributed by atoms with Gasteiger partial charge < -0.3 is 5.32 Å². The lowest BCUT2D eigenvalue weighted by Gasteiger charge is -2.16. The van der Waals surface area contributed by atoms with Crippen molar-refractivity contribution in [1.82, 2.24) is 14.8 Å². The Hall–Kier alpha value is -3.29. The Kier molecular flexibility index (Phi) is 4.19. The van der Waals surface area contributed by atoms with Crippen molar-refractivity contribution in [1.29, 1.82) is 0 Å². The Morgan fingerprint density at radius 2 is 2.00 bits per heavy atom. The molecule has 0 radical (unpaired) electrons. The minimum atomic E-state index is -0.642. The van der Waals surface area contributed by atoms with Gasteiger partial charge in [-0.15, -0.1) is 0 Å². The maximum absolute atomic E-state index is 13.2. The van der Waals surface area contributed by atoms with Crippen LogP contribution in [0.3, 0.4) is 0 Å². The summed E-state index contributed by atoms with van der Waals surface area (Å²) < 4.78 is 14.8. The van der Waals surface area contributed by atoms with Gasteiger partial charge in [0, 0.05) is 6.04 Å². The summed E-state index contributed by atoms with van der Waals surface area (Å²) in [4.78, 5) is 14.3. The van der Waals surface area contributed by atoms with Crippen LogP contribution < -0.4 is 5.32 Å². The molecule has 0 aliphatic carbocycles. The largest absolute Gasteiger partial charge is 0.373 e. The summed E-state index contributed by atoms with van der Waals surface area (Å²) in [6.07, 6.45) is 3.05. The number of rotatable bonds is 5. The fraction of sp³-hybridized carbons (Fsp3) is 0.125. The zero-order chi connectivity index (χ0) is 17.1. The maximum atomic E-state index is 13.2. The molecular formula is C16H14FN5O2. The van der Waals surface area contributed by atoms with Gasteiger partial charge in [-0.25, -0.2) is 14.1 Å². The average Bonchev–Trinajstić information content (AvgIpc) is 3.11. The minimum Gasteiger partial charge on any atom is -0.373 e. The summed E-state index contributed by atoms with van der Waals surface area (Å²) in [5, 5.41) is 18.1. The molecule has 2 aromatic carbocycles. The molecule has 0 spiro atoms. The summed E-state index contributed by atoms with van der Waals surface area (Å²) >= 11 is 0. The smallest absolute Gasteiger partial charge is 0.295 e. The molecule has 3 aromatic rings.